The summed E-state index contributed by atoms with van der Waals surface area (Å²) in [4.78, 5) is 22.8. The largest absolute Gasteiger partial charge is 0.325 e. The number of amides is 2. The molecule has 0 aliphatic heterocycles. The lowest BCUT2D eigenvalue weighted by atomic mass is 9.77. The van der Waals surface area contributed by atoms with Crippen molar-refractivity contribution in [3.63, 3.8) is 0 Å². The van der Waals surface area contributed by atoms with E-state index in [1.165, 1.54) is 13.8 Å². The van der Waals surface area contributed by atoms with Crippen LogP contribution >= 0.6 is 23.2 Å². The number of rotatable bonds is 4. The van der Waals surface area contributed by atoms with Gasteiger partial charge in [0.15, 0.2) is 0 Å². The van der Waals surface area contributed by atoms with E-state index in [2.05, 4.69) is 24.5 Å². The minimum atomic E-state index is -0.383. The van der Waals surface area contributed by atoms with Gasteiger partial charge in [0.05, 0.1) is 21.4 Å². The average Bonchev–Trinajstić information content (AvgIpc) is 2.53. The summed E-state index contributed by atoms with van der Waals surface area (Å²) in [5.41, 5.74) is 4.64. The minimum Gasteiger partial charge on any atom is -0.325 e. The highest BCUT2D eigenvalue weighted by atomic mass is 35.5. The van der Waals surface area contributed by atoms with Crippen LogP contribution in [0.2, 0.25) is 10.0 Å². The Kier molecular flexibility index (Phi) is 6.23. The molecule has 4 nitrogen and oxygen atoms in total. The van der Waals surface area contributed by atoms with Crippen molar-refractivity contribution >= 4 is 46.4 Å². The van der Waals surface area contributed by atoms with Gasteiger partial charge in [-0.15, -0.1) is 0 Å². The number of aryl methyl sites for hydroxylation is 2. The Hall–Kier alpha value is -2.04. The quantitative estimate of drug-likeness (QED) is 0.668. The molecule has 2 aromatic rings. The van der Waals surface area contributed by atoms with E-state index in [1.807, 2.05) is 38.1 Å². The fourth-order valence-corrected chi connectivity index (χ4v) is 3.67. The van der Waals surface area contributed by atoms with Gasteiger partial charge in [-0.05, 0) is 48.2 Å². The molecule has 0 radical (unpaired) electrons. The zero-order valence-corrected chi connectivity index (χ0v) is 17.9. The first kappa shape index (κ1) is 21.3. The second-order valence-electron chi connectivity index (χ2n) is 7.29. The van der Waals surface area contributed by atoms with Gasteiger partial charge in [0.2, 0.25) is 11.8 Å². The van der Waals surface area contributed by atoms with Gasteiger partial charge < -0.3 is 10.6 Å². The van der Waals surface area contributed by atoms with Gasteiger partial charge in [0.1, 0.15) is 0 Å². The summed E-state index contributed by atoms with van der Waals surface area (Å²) in [6.45, 7) is 10.9. The molecule has 0 saturated carbocycles. The fraction of sp³-hybridized carbons (Fsp3) is 0.333. The third-order valence-corrected chi connectivity index (χ3v) is 5.22. The maximum absolute atomic E-state index is 11.4. The number of carbonyl (C=O) groups is 2. The van der Waals surface area contributed by atoms with Crippen LogP contribution in [0.1, 0.15) is 49.9 Å². The van der Waals surface area contributed by atoms with E-state index in [0.29, 0.717) is 21.4 Å². The molecule has 0 spiro atoms. The van der Waals surface area contributed by atoms with Crippen LogP contribution < -0.4 is 10.6 Å². The zero-order valence-electron chi connectivity index (χ0n) is 16.4. The fourth-order valence-electron chi connectivity index (χ4n) is 3.05. The van der Waals surface area contributed by atoms with Crippen molar-refractivity contribution in [2.45, 2.75) is 47.0 Å². The average molecular weight is 407 g/mol. The summed E-state index contributed by atoms with van der Waals surface area (Å²) in [5, 5.41) is 6.53. The lowest BCUT2D eigenvalue weighted by molar-refractivity contribution is -0.115. The van der Waals surface area contributed by atoms with Crippen molar-refractivity contribution < 1.29 is 9.59 Å². The number of hydrogen-bond acceptors (Lipinski definition) is 2. The topological polar surface area (TPSA) is 58.2 Å². The molecule has 0 unspecified atom stereocenters. The van der Waals surface area contributed by atoms with Crippen LogP contribution in [0, 0.1) is 13.8 Å². The summed E-state index contributed by atoms with van der Waals surface area (Å²) in [7, 11) is 0. The highest BCUT2D eigenvalue weighted by molar-refractivity contribution is 6.34. The Balaban J connectivity index is 2.53. The number of anilines is 2. The number of nitrogens with one attached hydrogen (secondary N) is 2. The summed E-state index contributed by atoms with van der Waals surface area (Å²) >= 11 is 12.9. The van der Waals surface area contributed by atoms with Gasteiger partial charge in [-0.1, -0.05) is 49.2 Å². The van der Waals surface area contributed by atoms with Crippen LogP contribution in [0.4, 0.5) is 11.4 Å². The van der Waals surface area contributed by atoms with Gasteiger partial charge in [-0.2, -0.15) is 0 Å². The Morgan fingerprint density at radius 3 is 1.37 bits per heavy atom. The first-order valence-corrected chi connectivity index (χ1v) is 9.35. The summed E-state index contributed by atoms with van der Waals surface area (Å²) in [6, 6.07) is 7.76. The number of carbonyl (C=O) groups excluding carboxylic acids is 2. The van der Waals surface area contributed by atoms with E-state index < -0.39 is 0 Å². The van der Waals surface area contributed by atoms with Crippen molar-refractivity contribution in [2.24, 2.45) is 0 Å². The number of halogens is 2. The number of benzene rings is 2. The van der Waals surface area contributed by atoms with E-state index >= 15 is 0 Å². The first-order valence-electron chi connectivity index (χ1n) is 8.60. The Labute approximate surface area is 170 Å². The summed E-state index contributed by atoms with van der Waals surface area (Å²) in [5.74, 6) is -0.328. The standard InChI is InChI=1S/C21H24Cl2N2O2/c1-11-7-15(9-17(22)19(11)24-13(3)26)21(5,6)16-8-12(2)20(18(23)10-16)25-14(4)27/h7-10H,1-6H3,(H,24,26)(H,25,27). The molecule has 144 valence electrons. The van der Waals surface area contributed by atoms with Crippen LogP contribution in [0.15, 0.2) is 24.3 Å². The Bertz CT molecular complexity index is 801. The van der Waals surface area contributed by atoms with Crippen molar-refractivity contribution in [2.75, 3.05) is 10.6 Å². The molecule has 0 heterocycles. The summed E-state index contributed by atoms with van der Waals surface area (Å²) < 4.78 is 0. The van der Waals surface area contributed by atoms with Crippen molar-refractivity contribution in [3.8, 4) is 0 Å². The molecule has 0 saturated heterocycles. The third kappa shape index (κ3) is 4.63. The van der Waals surface area contributed by atoms with Gasteiger partial charge in [-0.3, -0.25) is 9.59 Å². The van der Waals surface area contributed by atoms with Gasteiger partial charge >= 0.3 is 0 Å². The van der Waals surface area contributed by atoms with Crippen LogP contribution in [0.5, 0.6) is 0 Å². The molecule has 2 rings (SSSR count). The molecular weight excluding hydrogens is 383 g/mol. The second-order valence-corrected chi connectivity index (χ2v) is 8.10. The Morgan fingerprint density at radius 1 is 0.778 bits per heavy atom. The highest BCUT2D eigenvalue weighted by Crippen LogP contribution is 2.40. The van der Waals surface area contributed by atoms with Crippen LogP contribution in [0.25, 0.3) is 0 Å². The molecule has 2 aromatic carbocycles. The monoisotopic (exact) mass is 406 g/mol. The normalized spacial score (nSPS) is 11.3. The predicted octanol–water partition coefficient (Wildman–Crippen LogP) is 5.85. The maximum Gasteiger partial charge on any atom is 0.221 e. The molecule has 0 aromatic heterocycles. The molecule has 0 bridgehead atoms. The molecular formula is C21H24Cl2N2O2. The Morgan fingerprint density at radius 2 is 1.11 bits per heavy atom. The SMILES string of the molecule is CC(=O)Nc1c(C)cc(C(C)(C)c2cc(C)c(NC(C)=O)c(Cl)c2)cc1Cl. The van der Waals surface area contributed by atoms with Crippen LogP contribution in [0.3, 0.4) is 0 Å². The highest BCUT2D eigenvalue weighted by Gasteiger charge is 2.26. The second kappa shape index (κ2) is 7.91. The lowest BCUT2D eigenvalue weighted by Gasteiger charge is -2.29. The van der Waals surface area contributed by atoms with Gasteiger partial charge in [-0.25, -0.2) is 0 Å². The third-order valence-electron chi connectivity index (χ3n) is 4.62. The van der Waals surface area contributed by atoms with E-state index in [1.54, 1.807) is 0 Å². The van der Waals surface area contributed by atoms with Crippen molar-refractivity contribution in [1.82, 2.24) is 0 Å². The van der Waals surface area contributed by atoms with E-state index in [0.717, 1.165) is 22.3 Å². The van der Waals surface area contributed by atoms with E-state index in [-0.39, 0.29) is 17.2 Å². The number of hydrogen-bond donors (Lipinski definition) is 2. The maximum atomic E-state index is 11.4. The molecule has 0 aliphatic carbocycles. The van der Waals surface area contributed by atoms with Gasteiger partial charge in [0.25, 0.3) is 0 Å². The summed E-state index contributed by atoms with van der Waals surface area (Å²) in [6.07, 6.45) is 0. The first-order chi connectivity index (χ1) is 12.4. The molecule has 0 fully saturated rings. The minimum absolute atomic E-state index is 0.164. The predicted molar refractivity (Wildman–Crippen MR) is 113 cm³/mol. The zero-order chi connectivity index (χ0) is 20.5. The van der Waals surface area contributed by atoms with Crippen molar-refractivity contribution in [1.29, 1.82) is 0 Å². The molecule has 2 N–H and O–H groups in total. The molecule has 27 heavy (non-hydrogen) atoms. The molecule has 0 atom stereocenters. The van der Waals surface area contributed by atoms with Crippen LogP contribution in [-0.4, -0.2) is 11.8 Å². The molecule has 0 aliphatic rings. The molecule has 6 heteroatoms. The van der Waals surface area contributed by atoms with Crippen LogP contribution in [-0.2, 0) is 15.0 Å². The smallest absolute Gasteiger partial charge is 0.221 e. The van der Waals surface area contributed by atoms with Gasteiger partial charge in [0, 0.05) is 19.3 Å². The van der Waals surface area contributed by atoms with Crippen molar-refractivity contribution in [3.05, 3.63) is 56.6 Å². The van der Waals surface area contributed by atoms with E-state index in [4.69, 9.17) is 23.2 Å². The van der Waals surface area contributed by atoms with E-state index in [9.17, 15) is 9.59 Å². The molecule has 2 amide bonds. The lowest BCUT2D eigenvalue weighted by Crippen LogP contribution is -2.20.